The minimum Gasteiger partial charge on any atom is -0.304 e. The van der Waals surface area contributed by atoms with Crippen molar-refractivity contribution in [2.75, 3.05) is 0 Å². The molecule has 0 spiro atoms. The summed E-state index contributed by atoms with van der Waals surface area (Å²) in [4.78, 5) is 0. The highest BCUT2D eigenvalue weighted by Gasteiger charge is 2.08. The third-order valence-corrected chi connectivity index (χ3v) is 1.64. The summed E-state index contributed by atoms with van der Waals surface area (Å²) in [6.45, 7) is 3.72. The Morgan fingerprint density at radius 1 is 1.86 bits per heavy atom. The zero-order valence-corrected chi connectivity index (χ0v) is 4.69. The maximum atomic E-state index is 5.34. The van der Waals surface area contributed by atoms with Gasteiger partial charge in [0.05, 0.1) is 5.37 Å². The zero-order valence-electron chi connectivity index (χ0n) is 3.87. The van der Waals surface area contributed by atoms with E-state index in [2.05, 4.69) is 6.92 Å². The van der Waals surface area contributed by atoms with Crippen LogP contribution in [0.25, 0.3) is 0 Å². The number of hydrazine groups is 1. The van der Waals surface area contributed by atoms with Gasteiger partial charge in [0.2, 0.25) is 0 Å². The minimum atomic E-state index is 0.181. The van der Waals surface area contributed by atoms with Crippen LogP contribution < -0.4 is 5.84 Å². The van der Waals surface area contributed by atoms with E-state index in [9.17, 15) is 0 Å². The van der Waals surface area contributed by atoms with Crippen molar-refractivity contribution in [2.24, 2.45) is 5.84 Å². The number of nitrogens with two attached hydrogens (primary N) is 1. The molecule has 39 valence electrons. The highest BCUT2D eigenvalue weighted by Crippen LogP contribution is 2.19. The molecule has 1 rings (SSSR count). The van der Waals surface area contributed by atoms with Gasteiger partial charge in [-0.2, -0.15) is 0 Å². The van der Waals surface area contributed by atoms with Gasteiger partial charge >= 0.3 is 0 Å². The summed E-state index contributed by atoms with van der Waals surface area (Å²) in [7, 11) is 0. The molecule has 7 heavy (non-hydrogen) atoms. The van der Waals surface area contributed by atoms with Crippen LogP contribution in [0.4, 0.5) is 0 Å². The lowest BCUT2D eigenvalue weighted by atomic mass is 10.7. The molecule has 0 aromatic rings. The second-order valence-electron chi connectivity index (χ2n) is 1.32. The monoisotopic (exact) mass is 115 g/mol. The summed E-state index contributed by atoms with van der Waals surface area (Å²) >= 11 is 1.61. The average Bonchev–Trinajstić information content (AvgIpc) is 1.91. The molecule has 1 radical (unpaired) electrons. The van der Waals surface area contributed by atoms with Gasteiger partial charge in [-0.1, -0.05) is 0 Å². The Kier molecular flexibility index (Phi) is 1.25. The highest BCUT2D eigenvalue weighted by atomic mass is 32.2. The van der Waals surface area contributed by atoms with Gasteiger partial charge < -0.3 is 5.01 Å². The van der Waals surface area contributed by atoms with Crippen molar-refractivity contribution >= 4 is 11.8 Å². The SMILES string of the molecule is [CH2]C1SC=CN1N. The van der Waals surface area contributed by atoms with Gasteiger partial charge in [0.25, 0.3) is 0 Å². The van der Waals surface area contributed by atoms with Gasteiger partial charge in [0, 0.05) is 6.20 Å². The van der Waals surface area contributed by atoms with Crippen LogP contribution in [0.1, 0.15) is 0 Å². The molecule has 1 heterocycles. The molecule has 1 atom stereocenters. The molecule has 3 heteroatoms. The quantitative estimate of drug-likeness (QED) is 0.467. The van der Waals surface area contributed by atoms with Crippen LogP contribution in [0.15, 0.2) is 11.6 Å². The van der Waals surface area contributed by atoms with Crippen molar-refractivity contribution < 1.29 is 0 Å². The van der Waals surface area contributed by atoms with E-state index in [1.54, 1.807) is 16.8 Å². The number of rotatable bonds is 0. The molecule has 0 saturated heterocycles. The minimum absolute atomic E-state index is 0.181. The number of hydrogen-bond acceptors (Lipinski definition) is 3. The molecule has 0 aromatic heterocycles. The molecule has 0 saturated carbocycles. The van der Waals surface area contributed by atoms with Gasteiger partial charge in [-0.25, -0.2) is 5.84 Å². The van der Waals surface area contributed by atoms with Crippen molar-refractivity contribution in [2.45, 2.75) is 5.37 Å². The summed E-state index contributed by atoms with van der Waals surface area (Å²) in [5.74, 6) is 5.34. The Labute approximate surface area is 47.3 Å². The molecule has 2 nitrogen and oxygen atoms in total. The topological polar surface area (TPSA) is 29.3 Å². The lowest BCUT2D eigenvalue weighted by molar-refractivity contribution is 0.418. The Bertz CT molecular complexity index is 91.7. The summed E-state index contributed by atoms with van der Waals surface area (Å²) < 4.78 is 0. The number of hydrogen-bond donors (Lipinski definition) is 1. The van der Waals surface area contributed by atoms with E-state index in [1.165, 1.54) is 0 Å². The zero-order chi connectivity index (χ0) is 5.28. The Balaban J connectivity index is 2.45. The lowest BCUT2D eigenvalue weighted by Gasteiger charge is -2.12. The lowest BCUT2D eigenvalue weighted by Crippen LogP contribution is -2.28. The molecule has 0 aliphatic carbocycles. The summed E-state index contributed by atoms with van der Waals surface area (Å²) in [5.41, 5.74) is 0. The van der Waals surface area contributed by atoms with Crippen molar-refractivity contribution in [3.8, 4) is 0 Å². The van der Waals surface area contributed by atoms with Gasteiger partial charge in [0.15, 0.2) is 0 Å². The second-order valence-corrected chi connectivity index (χ2v) is 2.41. The first-order valence-electron chi connectivity index (χ1n) is 1.99. The molecule has 1 aliphatic rings. The van der Waals surface area contributed by atoms with Crippen molar-refractivity contribution in [1.82, 2.24) is 5.01 Å². The van der Waals surface area contributed by atoms with Crippen molar-refractivity contribution in [3.63, 3.8) is 0 Å². The first kappa shape index (κ1) is 5.00. The molecule has 0 bridgehead atoms. The van der Waals surface area contributed by atoms with Crippen molar-refractivity contribution in [3.05, 3.63) is 18.5 Å². The fraction of sp³-hybridized carbons (Fsp3) is 0.250. The Hall–Kier alpha value is -0.150. The molecule has 1 unspecified atom stereocenters. The fourth-order valence-electron chi connectivity index (χ4n) is 0.362. The van der Waals surface area contributed by atoms with E-state index in [0.29, 0.717) is 0 Å². The normalized spacial score (nSPS) is 29.4. The predicted molar refractivity (Wildman–Crippen MR) is 31.9 cm³/mol. The van der Waals surface area contributed by atoms with E-state index in [4.69, 9.17) is 5.84 Å². The summed E-state index contributed by atoms with van der Waals surface area (Å²) in [5, 5.41) is 3.68. The van der Waals surface area contributed by atoms with E-state index < -0.39 is 0 Å². The predicted octanol–water partition coefficient (Wildman–Crippen LogP) is 0.540. The number of nitrogens with zero attached hydrogens (tertiary/aromatic N) is 1. The van der Waals surface area contributed by atoms with Gasteiger partial charge in [-0.15, -0.1) is 11.8 Å². The van der Waals surface area contributed by atoms with Crippen LogP contribution in [0.2, 0.25) is 0 Å². The standard InChI is InChI=1S/C4H7N2S/c1-4-6(5)2-3-7-4/h2-4H,1,5H2. The van der Waals surface area contributed by atoms with Crippen LogP contribution in [-0.2, 0) is 0 Å². The molecule has 2 N–H and O–H groups in total. The third-order valence-electron chi connectivity index (χ3n) is 0.801. The summed E-state index contributed by atoms with van der Waals surface area (Å²) in [6.07, 6.45) is 1.81. The molecule has 0 fully saturated rings. The van der Waals surface area contributed by atoms with Crippen LogP contribution in [-0.4, -0.2) is 10.4 Å². The number of thioether (sulfide) groups is 1. The van der Waals surface area contributed by atoms with Gasteiger partial charge in [0.1, 0.15) is 0 Å². The average molecular weight is 115 g/mol. The van der Waals surface area contributed by atoms with Crippen LogP contribution >= 0.6 is 11.8 Å². The Morgan fingerprint density at radius 2 is 2.57 bits per heavy atom. The van der Waals surface area contributed by atoms with Crippen LogP contribution in [0.3, 0.4) is 0 Å². The molecule has 0 aromatic carbocycles. The molecular formula is C4H7N2S. The van der Waals surface area contributed by atoms with Crippen LogP contribution in [0.5, 0.6) is 0 Å². The summed E-state index contributed by atoms with van der Waals surface area (Å²) in [6, 6.07) is 0. The van der Waals surface area contributed by atoms with Crippen LogP contribution in [0, 0.1) is 6.92 Å². The first-order valence-corrected chi connectivity index (χ1v) is 2.93. The van der Waals surface area contributed by atoms with Crippen molar-refractivity contribution in [1.29, 1.82) is 0 Å². The van der Waals surface area contributed by atoms with Gasteiger partial charge in [-0.3, -0.25) is 0 Å². The van der Waals surface area contributed by atoms with E-state index in [-0.39, 0.29) is 5.37 Å². The largest absolute Gasteiger partial charge is 0.304 e. The highest BCUT2D eigenvalue weighted by molar-refractivity contribution is 8.02. The van der Waals surface area contributed by atoms with Gasteiger partial charge in [-0.05, 0) is 12.3 Å². The maximum Gasteiger partial charge on any atom is 0.0939 e. The second kappa shape index (κ2) is 1.76. The maximum absolute atomic E-state index is 5.34. The van der Waals surface area contributed by atoms with E-state index >= 15 is 0 Å². The fourth-order valence-corrected chi connectivity index (χ4v) is 0.965. The molecule has 1 aliphatic heterocycles. The smallest absolute Gasteiger partial charge is 0.0939 e. The molecular weight excluding hydrogens is 108 g/mol. The third kappa shape index (κ3) is 0.894. The Morgan fingerprint density at radius 3 is 2.71 bits per heavy atom. The molecule has 0 amide bonds. The van der Waals surface area contributed by atoms with E-state index in [1.807, 2.05) is 11.6 Å². The first-order chi connectivity index (χ1) is 3.30. The van der Waals surface area contributed by atoms with E-state index in [0.717, 1.165) is 0 Å².